The molecule has 2 heterocycles. The number of fused-ring (bicyclic) bond motifs is 1. The topological polar surface area (TPSA) is 77.5 Å². The zero-order chi connectivity index (χ0) is 14.8. The molecular formula is C16H14N2O3. The Bertz CT molecular complexity index is 754. The summed E-state index contributed by atoms with van der Waals surface area (Å²) in [5, 5.41) is 18.8. The van der Waals surface area contributed by atoms with Crippen LogP contribution in [0, 0.1) is 11.3 Å². The van der Waals surface area contributed by atoms with Crippen molar-refractivity contribution < 1.29 is 14.3 Å². The van der Waals surface area contributed by atoms with Gasteiger partial charge in [-0.25, -0.2) is 4.79 Å². The van der Waals surface area contributed by atoms with Crippen LogP contribution in [0.1, 0.15) is 24.2 Å². The van der Waals surface area contributed by atoms with Gasteiger partial charge in [0, 0.05) is 11.9 Å². The zero-order valence-corrected chi connectivity index (χ0v) is 11.3. The summed E-state index contributed by atoms with van der Waals surface area (Å²) < 4.78 is 5.66. The van der Waals surface area contributed by atoms with E-state index in [0.29, 0.717) is 17.9 Å². The van der Waals surface area contributed by atoms with E-state index in [1.165, 1.54) is 4.90 Å². The second-order valence-corrected chi connectivity index (χ2v) is 5.06. The lowest BCUT2D eigenvalue weighted by Crippen LogP contribution is -2.32. The quantitative estimate of drug-likeness (QED) is 0.915. The van der Waals surface area contributed by atoms with E-state index in [1.54, 1.807) is 24.3 Å². The number of nitrogens with zero attached hydrogens (tertiary/aromatic N) is 2. The van der Waals surface area contributed by atoms with Gasteiger partial charge >= 0.3 is 6.09 Å². The lowest BCUT2D eigenvalue weighted by Gasteiger charge is -2.17. The Labute approximate surface area is 121 Å². The summed E-state index contributed by atoms with van der Waals surface area (Å²) in [5.74, 6) is 0.664. The number of carboxylic acid groups (broad SMARTS) is 1. The maximum absolute atomic E-state index is 11.1. The van der Waals surface area contributed by atoms with Gasteiger partial charge in [-0.2, -0.15) is 5.26 Å². The van der Waals surface area contributed by atoms with Crippen LogP contribution in [0.2, 0.25) is 0 Å². The number of nitriles is 1. The molecule has 0 saturated carbocycles. The molecule has 3 rings (SSSR count). The van der Waals surface area contributed by atoms with Gasteiger partial charge in [-0.1, -0.05) is 6.08 Å². The molecule has 1 aliphatic heterocycles. The number of likely N-dealkylation sites (tertiary alicyclic amines) is 1. The van der Waals surface area contributed by atoms with Crippen molar-refractivity contribution >= 4 is 23.1 Å². The molecule has 0 bridgehead atoms. The van der Waals surface area contributed by atoms with Gasteiger partial charge in [0.15, 0.2) is 0 Å². The van der Waals surface area contributed by atoms with Gasteiger partial charge < -0.3 is 14.4 Å². The molecule has 1 aromatic carbocycles. The minimum atomic E-state index is -0.884. The summed E-state index contributed by atoms with van der Waals surface area (Å²) in [7, 11) is 0. The van der Waals surface area contributed by atoms with E-state index in [-0.39, 0.29) is 6.04 Å². The monoisotopic (exact) mass is 282 g/mol. The van der Waals surface area contributed by atoms with E-state index >= 15 is 0 Å². The third kappa shape index (κ3) is 2.61. The third-order valence-corrected chi connectivity index (χ3v) is 3.69. The Balaban J connectivity index is 1.83. The minimum absolute atomic E-state index is 0.0922. The van der Waals surface area contributed by atoms with Gasteiger partial charge in [0.05, 0.1) is 17.7 Å². The molecule has 1 N–H and O–H groups in total. The normalized spacial score (nSPS) is 18.4. The fourth-order valence-electron chi connectivity index (χ4n) is 2.65. The standard InChI is InChI=1S/C16H14N2O3/c17-10-11-3-6-15-12(8-11)9-14(21-15)5-4-13-2-1-7-18(13)16(19)20/h3-6,8-9,13H,1-2,7H2,(H,19,20)/t13-/m0/s1. The number of furan rings is 1. The Morgan fingerprint density at radius 1 is 1.48 bits per heavy atom. The van der Waals surface area contributed by atoms with Crippen LogP contribution in [-0.4, -0.2) is 28.7 Å². The average molecular weight is 282 g/mol. The van der Waals surface area contributed by atoms with Crippen LogP contribution in [0.15, 0.2) is 34.8 Å². The highest BCUT2D eigenvalue weighted by molar-refractivity contribution is 5.81. The van der Waals surface area contributed by atoms with Crippen LogP contribution in [0.4, 0.5) is 4.79 Å². The maximum atomic E-state index is 11.1. The maximum Gasteiger partial charge on any atom is 0.407 e. The largest absolute Gasteiger partial charge is 0.465 e. The fraction of sp³-hybridized carbons (Fsp3) is 0.250. The molecule has 0 aliphatic carbocycles. The van der Waals surface area contributed by atoms with Crippen LogP contribution < -0.4 is 0 Å². The summed E-state index contributed by atoms with van der Waals surface area (Å²) in [6.07, 6.45) is 4.50. The summed E-state index contributed by atoms with van der Waals surface area (Å²) in [4.78, 5) is 12.5. The SMILES string of the molecule is N#Cc1ccc2oc(C=C[C@@H]3CCCN3C(=O)O)cc2c1. The van der Waals surface area contributed by atoms with Gasteiger partial charge in [0.1, 0.15) is 11.3 Å². The number of rotatable bonds is 2. The second-order valence-electron chi connectivity index (χ2n) is 5.06. The predicted octanol–water partition coefficient (Wildman–Crippen LogP) is 3.46. The Morgan fingerprint density at radius 3 is 3.10 bits per heavy atom. The first kappa shape index (κ1) is 13.3. The van der Waals surface area contributed by atoms with Crippen molar-refractivity contribution in [2.24, 2.45) is 0 Å². The van der Waals surface area contributed by atoms with Crippen molar-refractivity contribution in [3.63, 3.8) is 0 Å². The van der Waals surface area contributed by atoms with E-state index < -0.39 is 6.09 Å². The second kappa shape index (κ2) is 5.33. The van der Waals surface area contributed by atoms with Gasteiger partial charge in [-0.3, -0.25) is 0 Å². The number of carbonyl (C=O) groups is 1. The van der Waals surface area contributed by atoms with Gasteiger partial charge in [-0.15, -0.1) is 0 Å². The molecular weight excluding hydrogens is 268 g/mol. The van der Waals surface area contributed by atoms with Crippen molar-refractivity contribution in [1.29, 1.82) is 5.26 Å². The minimum Gasteiger partial charge on any atom is -0.465 e. The molecule has 21 heavy (non-hydrogen) atoms. The van der Waals surface area contributed by atoms with E-state index in [0.717, 1.165) is 23.8 Å². The summed E-state index contributed by atoms with van der Waals surface area (Å²) in [6, 6.07) is 9.11. The highest BCUT2D eigenvalue weighted by Gasteiger charge is 2.26. The molecule has 2 aromatic rings. The molecule has 106 valence electrons. The molecule has 1 amide bonds. The lowest BCUT2D eigenvalue weighted by molar-refractivity contribution is 0.147. The van der Waals surface area contributed by atoms with Crippen LogP contribution in [0.5, 0.6) is 0 Å². The Kier molecular flexibility index (Phi) is 3.36. The highest BCUT2D eigenvalue weighted by atomic mass is 16.4. The third-order valence-electron chi connectivity index (χ3n) is 3.69. The molecule has 0 unspecified atom stereocenters. The summed E-state index contributed by atoms with van der Waals surface area (Å²) in [5.41, 5.74) is 1.31. The predicted molar refractivity (Wildman–Crippen MR) is 77.7 cm³/mol. The smallest absolute Gasteiger partial charge is 0.407 e. The molecule has 1 saturated heterocycles. The van der Waals surface area contributed by atoms with Crippen molar-refractivity contribution in [2.45, 2.75) is 18.9 Å². The van der Waals surface area contributed by atoms with E-state index in [2.05, 4.69) is 6.07 Å². The van der Waals surface area contributed by atoms with Crippen molar-refractivity contribution in [3.8, 4) is 6.07 Å². The van der Waals surface area contributed by atoms with Crippen LogP contribution >= 0.6 is 0 Å². The van der Waals surface area contributed by atoms with Crippen LogP contribution in [0.3, 0.4) is 0 Å². The number of hydrogen-bond donors (Lipinski definition) is 1. The summed E-state index contributed by atoms with van der Waals surface area (Å²) in [6.45, 7) is 0.579. The molecule has 1 aromatic heterocycles. The fourth-order valence-corrected chi connectivity index (χ4v) is 2.65. The molecule has 1 aliphatic rings. The van der Waals surface area contributed by atoms with Gasteiger partial charge in [0.2, 0.25) is 0 Å². The molecule has 0 spiro atoms. The zero-order valence-electron chi connectivity index (χ0n) is 11.3. The Morgan fingerprint density at radius 2 is 2.33 bits per heavy atom. The molecule has 5 heteroatoms. The van der Waals surface area contributed by atoms with Crippen LogP contribution in [0.25, 0.3) is 17.0 Å². The molecule has 1 fully saturated rings. The van der Waals surface area contributed by atoms with Crippen LogP contribution in [-0.2, 0) is 0 Å². The molecule has 5 nitrogen and oxygen atoms in total. The Hall–Kier alpha value is -2.74. The first-order chi connectivity index (χ1) is 10.2. The van der Waals surface area contributed by atoms with Crippen molar-refractivity contribution in [3.05, 3.63) is 41.7 Å². The number of amides is 1. The van der Waals surface area contributed by atoms with Crippen molar-refractivity contribution in [2.75, 3.05) is 6.54 Å². The lowest BCUT2D eigenvalue weighted by atomic mass is 10.1. The number of hydrogen-bond acceptors (Lipinski definition) is 3. The average Bonchev–Trinajstić information content (AvgIpc) is 3.10. The first-order valence-corrected chi connectivity index (χ1v) is 6.79. The first-order valence-electron chi connectivity index (χ1n) is 6.79. The van der Waals surface area contributed by atoms with Gasteiger partial charge in [-0.05, 0) is 43.2 Å². The highest BCUT2D eigenvalue weighted by Crippen LogP contribution is 2.23. The van der Waals surface area contributed by atoms with E-state index in [4.69, 9.17) is 14.8 Å². The molecule has 0 radical (unpaired) electrons. The van der Waals surface area contributed by atoms with Crippen molar-refractivity contribution in [1.82, 2.24) is 4.90 Å². The van der Waals surface area contributed by atoms with E-state index in [9.17, 15) is 4.79 Å². The summed E-state index contributed by atoms with van der Waals surface area (Å²) >= 11 is 0. The van der Waals surface area contributed by atoms with Gasteiger partial charge in [0.25, 0.3) is 0 Å². The molecule has 1 atom stereocenters. The van der Waals surface area contributed by atoms with E-state index in [1.807, 2.05) is 12.1 Å². The number of benzene rings is 1.